The number of halogens is 1. The molecule has 1 fully saturated rings. The van der Waals surface area contributed by atoms with E-state index in [1.165, 1.54) is 19.3 Å². The average Bonchev–Trinajstić information content (AvgIpc) is 3.43. The number of aromatic amines is 1. The molecule has 1 saturated heterocycles. The van der Waals surface area contributed by atoms with E-state index in [0.717, 1.165) is 45.4 Å². The zero-order chi connectivity index (χ0) is 20.3. The maximum Gasteiger partial charge on any atom is 0.186 e. The Balaban J connectivity index is 0.00000231. The Labute approximate surface area is 195 Å². The quantitative estimate of drug-likeness (QED) is 0.339. The van der Waals surface area contributed by atoms with Crippen molar-refractivity contribution < 1.29 is 0 Å². The van der Waals surface area contributed by atoms with Crippen molar-refractivity contribution in [3.05, 3.63) is 65.3 Å². The van der Waals surface area contributed by atoms with E-state index in [0.29, 0.717) is 11.4 Å². The molecule has 5 nitrogen and oxygen atoms in total. The molecule has 1 aliphatic rings. The number of H-pyrrole nitrogens is 1. The van der Waals surface area contributed by atoms with E-state index in [1.54, 1.807) is 11.3 Å². The number of para-hydroxylation sites is 2. The van der Waals surface area contributed by atoms with Gasteiger partial charge in [0.1, 0.15) is 11.9 Å². The summed E-state index contributed by atoms with van der Waals surface area (Å²) in [5, 5.41) is 10.9. The lowest BCUT2D eigenvalue weighted by atomic mass is 10.1. The molecule has 5 rings (SSSR count). The highest BCUT2D eigenvalue weighted by atomic mass is 79.9. The van der Waals surface area contributed by atoms with Gasteiger partial charge in [-0.2, -0.15) is 5.26 Å². The van der Waals surface area contributed by atoms with Gasteiger partial charge in [0, 0.05) is 18.7 Å². The first-order chi connectivity index (χ1) is 14.8. The fourth-order valence-electron chi connectivity index (χ4n) is 3.81. The standard InChI is InChI=1S/C24H21N5S.BrH/c25-16-18(23-26-19-11-5-6-12-20(19)27-23)15-21-22(17-9-3-1-4-10-17)28-24(30-21)29-13-7-2-8-14-29;/h1,3-6,9-12,15H,2,7-8,13-14H2,(H,26,27);1H/b18-15+;. The van der Waals surface area contributed by atoms with Crippen LogP contribution in [-0.2, 0) is 0 Å². The summed E-state index contributed by atoms with van der Waals surface area (Å²) in [6.07, 6.45) is 5.61. The number of nitriles is 1. The molecule has 0 saturated carbocycles. The lowest BCUT2D eigenvalue weighted by Gasteiger charge is -2.25. The second kappa shape index (κ2) is 9.46. The first kappa shape index (κ1) is 21.3. The van der Waals surface area contributed by atoms with Crippen LogP contribution in [0.5, 0.6) is 0 Å². The first-order valence-corrected chi connectivity index (χ1v) is 11.0. The van der Waals surface area contributed by atoms with Crippen LogP contribution in [0.4, 0.5) is 5.13 Å². The van der Waals surface area contributed by atoms with Crippen molar-refractivity contribution >= 4 is 56.1 Å². The number of rotatable bonds is 4. The van der Waals surface area contributed by atoms with E-state index in [9.17, 15) is 5.26 Å². The van der Waals surface area contributed by atoms with Crippen LogP contribution in [0.3, 0.4) is 0 Å². The third-order valence-electron chi connectivity index (χ3n) is 5.36. The maximum atomic E-state index is 9.88. The predicted octanol–water partition coefficient (Wildman–Crippen LogP) is 6.32. The summed E-state index contributed by atoms with van der Waals surface area (Å²) in [7, 11) is 0. The van der Waals surface area contributed by atoms with Crippen LogP contribution < -0.4 is 4.90 Å². The van der Waals surface area contributed by atoms with Crippen LogP contribution in [0.2, 0.25) is 0 Å². The van der Waals surface area contributed by atoms with Crippen molar-refractivity contribution in [2.24, 2.45) is 0 Å². The normalized spacial score (nSPS) is 14.3. The Morgan fingerprint density at radius 3 is 2.48 bits per heavy atom. The number of allylic oxidation sites excluding steroid dienone is 1. The third kappa shape index (κ3) is 4.41. The molecule has 2 aromatic heterocycles. The topological polar surface area (TPSA) is 68.6 Å². The van der Waals surface area contributed by atoms with E-state index in [4.69, 9.17) is 4.98 Å². The Hall–Kier alpha value is -2.95. The maximum absolute atomic E-state index is 9.88. The number of imidazole rings is 1. The van der Waals surface area contributed by atoms with Crippen molar-refractivity contribution in [2.75, 3.05) is 18.0 Å². The largest absolute Gasteiger partial charge is 0.348 e. The lowest BCUT2D eigenvalue weighted by molar-refractivity contribution is 0.577. The molecule has 1 N–H and O–H groups in total. The Bertz CT molecular complexity index is 1210. The number of thiazole rings is 1. The summed E-state index contributed by atoms with van der Waals surface area (Å²) in [6.45, 7) is 2.08. The molecule has 0 bridgehead atoms. The van der Waals surface area contributed by atoms with Gasteiger partial charge < -0.3 is 9.88 Å². The van der Waals surface area contributed by atoms with Gasteiger partial charge in [0.05, 0.1) is 27.2 Å². The van der Waals surface area contributed by atoms with Crippen LogP contribution in [0, 0.1) is 11.3 Å². The Kier molecular flexibility index (Phi) is 6.50. The highest BCUT2D eigenvalue weighted by Gasteiger charge is 2.19. The third-order valence-corrected chi connectivity index (χ3v) is 6.42. The van der Waals surface area contributed by atoms with Crippen molar-refractivity contribution in [1.82, 2.24) is 15.0 Å². The molecule has 0 amide bonds. The van der Waals surface area contributed by atoms with Gasteiger partial charge in [0.15, 0.2) is 5.13 Å². The minimum Gasteiger partial charge on any atom is -0.348 e. The highest BCUT2D eigenvalue weighted by molar-refractivity contribution is 8.93. The van der Waals surface area contributed by atoms with Gasteiger partial charge in [-0.15, -0.1) is 17.0 Å². The number of anilines is 1. The van der Waals surface area contributed by atoms with Gasteiger partial charge in [-0.3, -0.25) is 0 Å². The fourth-order valence-corrected chi connectivity index (χ4v) is 4.89. The zero-order valence-electron chi connectivity index (χ0n) is 16.9. The SMILES string of the molecule is Br.N#C/C(=C\c1sc(N2CCCCC2)nc1-c1ccccc1)c1nc2ccccc2[nH]1. The summed E-state index contributed by atoms with van der Waals surface area (Å²) in [5.74, 6) is 0.589. The number of hydrogen-bond acceptors (Lipinski definition) is 5. The fraction of sp³-hybridized carbons (Fsp3) is 0.208. The molecular formula is C24H22BrN5S. The van der Waals surface area contributed by atoms with E-state index in [2.05, 4.69) is 33.1 Å². The summed E-state index contributed by atoms with van der Waals surface area (Å²) in [6, 6.07) is 20.3. The van der Waals surface area contributed by atoms with Gasteiger partial charge in [0.25, 0.3) is 0 Å². The average molecular weight is 492 g/mol. The van der Waals surface area contributed by atoms with Gasteiger partial charge in [0.2, 0.25) is 0 Å². The van der Waals surface area contributed by atoms with Crippen LogP contribution in [-0.4, -0.2) is 28.0 Å². The minimum atomic E-state index is 0. The van der Waals surface area contributed by atoms with Gasteiger partial charge in [-0.25, -0.2) is 9.97 Å². The molecule has 156 valence electrons. The van der Waals surface area contributed by atoms with Crippen LogP contribution in [0.1, 0.15) is 30.0 Å². The minimum absolute atomic E-state index is 0. The highest BCUT2D eigenvalue weighted by Crippen LogP contribution is 2.36. The van der Waals surface area contributed by atoms with Gasteiger partial charge >= 0.3 is 0 Å². The Morgan fingerprint density at radius 2 is 1.74 bits per heavy atom. The molecule has 31 heavy (non-hydrogen) atoms. The number of benzene rings is 2. The number of aromatic nitrogens is 3. The molecule has 3 heterocycles. The van der Waals surface area contributed by atoms with Crippen molar-refractivity contribution in [3.8, 4) is 17.3 Å². The number of nitrogens with zero attached hydrogens (tertiary/aromatic N) is 4. The van der Waals surface area contributed by atoms with Crippen LogP contribution >= 0.6 is 28.3 Å². The molecule has 2 aromatic carbocycles. The van der Waals surface area contributed by atoms with Crippen molar-refractivity contribution in [1.29, 1.82) is 5.26 Å². The number of hydrogen-bond donors (Lipinski definition) is 1. The monoisotopic (exact) mass is 491 g/mol. The van der Waals surface area contributed by atoms with Crippen LogP contribution in [0.25, 0.3) is 33.9 Å². The summed E-state index contributed by atoms with van der Waals surface area (Å²) < 4.78 is 0. The molecule has 0 unspecified atom stereocenters. The number of piperidine rings is 1. The number of fused-ring (bicyclic) bond motifs is 1. The molecule has 0 aliphatic carbocycles. The number of nitrogens with one attached hydrogen (secondary N) is 1. The smallest absolute Gasteiger partial charge is 0.186 e. The van der Waals surface area contributed by atoms with E-state index >= 15 is 0 Å². The molecule has 1 aliphatic heterocycles. The van der Waals surface area contributed by atoms with E-state index < -0.39 is 0 Å². The van der Waals surface area contributed by atoms with Crippen molar-refractivity contribution in [2.45, 2.75) is 19.3 Å². The summed E-state index contributed by atoms with van der Waals surface area (Å²) >= 11 is 1.65. The lowest BCUT2D eigenvalue weighted by Crippen LogP contribution is -2.29. The first-order valence-electron chi connectivity index (χ1n) is 10.2. The van der Waals surface area contributed by atoms with Crippen molar-refractivity contribution in [3.63, 3.8) is 0 Å². The second-order valence-electron chi connectivity index (χ2n) is 7.40. The predicted molar refractivity (Wildman–Crippen MR) is 134 cm³/mol. The Morgan fingerprint density at radius 1 is 1.00 bits per heavy atom. The molecule has 0 spiro atoms. The molecule has 7 heteroatoms. The summed E-state index contributed by atoms with van der Waals surface area (Å²) in [4.78, 5) is 16.2. The second-order valence-corrected chi connectivity index (χ2v) is 8.40. The molecule has 4 aromatic rings. The molecule has 0 atom stereocenters. The van der Waals surface area contributed by atoms with E-state index in [-0.39, 0.29) is 17.0 Å². The zero-order valence-corrected chi connectivity index (χ0v) is 19.4. The molecular weight excluding hydrogens is 470 g/mol. The van der Waals surface area contributed by atoms with Crippen LogP contribution in [0.15, 0.2) is 54.6 Å². The van der Waals surface area contributed by atoms with E-state index in [1.807, 2.05) is 48.5 Å². The molecule has 0 radical (unpaired) electrons. The van der Waals surface area contributed by atoms with Gasteiger partial charge in [-0.1, -0.05) is 53.8 Å². The summed E-state index contributed by atoms with van der Waals surface area (Å²) in [5.41, 5.74) is 4.28. The van der Waals surface area contributed by atoms with Gasteiger partial charge in [-0.05, 0) is 37.5 Å².